The van der Waals surface area contributed by atoms with Gasteiger partial charge in [-0.15, -0.1) is 0 Å². The first-order chi connectivity index (χ1) is 9.12. The van der Waals surface area contributed by atoms with E-state index < -0.39 is 27.5 Å². The number of halogens is 3. The highest BCUT2D eigenvalue weighted by Crippen LogP contribution is 2.23. The molecule has 0 amide bonds. The van der Waals surface area contributed by atoms with Crippen LogP contribution in [0.1, 0.15) is 11.4 Å². The fourth-order valence-corrected chi connectivity index (χ4v) is 2.91. The third-order valence-electron chi connectivity index (χ3n) is 2.72. The van der Waals surface area contributed by atoms with Crippen LogP contribution in [0.3, 0.4) is 0 Å². The number of hydrogen-bond acceptors (Lipinski definition) is 3. The average molecular weight is 305 g/mol. The summed E-state index contributed by atoms with van der Waals surface area (Å²) in [4.78, 5) is -0.234. The maximum absolute atomic E-state index is 13.2. The molecule has 0 atom stereocenters. The normalized spacial score (nSPS) is 11.9. The SMILES string of the molecule is Cc1nn(-c2cc(F)c(F)c(F)c2)c(C)c1S(N)(=O)=O. The third-order valence-corrected chi connectivity index (χ3v) is 3.88. The Balaban J connectivity index is 2.73. The van der Waals surface area contributed by atoms with Crippen molar-refractivity contribution in [2.45, 2.75) is 18.7 Å². The van der Waals surface area contributed by atoms with E-state index in [1.165, 1.54) is 13.8 Å². The van der Waals surface area contributed by atoms with Crippen LogP contribution < -0.4 is 5.14 Å². The van der Waals surface area contributed by atoms with Crippen molar-refractivity contribution in [3.63, 3.8) is 0 Å². The van der Waals surface area contributed by atoms with E-state index in [1.54, 1.807) is 0 Å². The zero-order chi connectivity index (χ0) is 15.2. The second kappa shape index (κ2) is 4.60. The Morgan fingerprint density at radius 3 is 2.05 bits per heavy atom. The lowest BCUT2D eigenvalue weighted by Crippen LogP contribution is -2.14. The van der Waals surface area contributed by atoms with Crippen LogP contribution in [-0.4, -0.2) is 18.2 Å². The van der Waals surface area contributed by atoms with E-state index in [2.05, 4.69) is 5.10 Å². The molecule has 0 spiro atoms. The molecule has 1 aromatic heterocycles. The molecule has 0 bridgehead atoms. The molecule has 2 rings (SSSR count). The second-order valence-electron chi connectivity index (χ2n) is 4.18. The summed E-state index contributed by atoms with van der Waals surface area (Å²) in [7, 11) is -4.02. The molecule has 0 aliphatic heterocycles. The summed E-state index contributed by atoms with van der Waals surface area (Å²) < 4.78 is 63.1. The highest BCUT2D eigenvalue weighted by molar-refractivity contribution is 7.89. The van der Waals surface area contributed by atoms with Gasteiger partial charge in [-0.1, -0.05) is 0 Å². The number of benzene rings is 1. The van der Waals surface area contributed by atoms with Crippen LogP contribution in [0.4, 0.5) is 13.2 Å². The second-order valence-corrected chi connectivity index (χ2v) is 5.68. The van der Waals surface area contributed by atoms with Crippen molar-refractivity contribution in [3.8, 4) is 5.69 Å². The smallest absolute Gasteiger partial charge is 0.236 e. The molecule has 5 nitrogen and oxygen atoms in total. The number of aromatic nitrogens is 2. The number of nitrogens with zero attached hydrogens (tertiary/aromatic N) is 2. The fourth-order valence-electron chi connectivity index (χ4n) is 1.96. The number of primary sulfonamides is 1. The summed E-state index contributed by atoms with van der Waals surface area (Å²) in [5.41, 5.74) is 0.0162. The molecular weight excluding hydrogens is 295 g/mol. The van der Waals surface area contributed by atoms with Gasteiger partial charge in [-0.25, -0.2) is 31.4 Å². The molecule has 0 saturated heterocycles. The van der Waals surface area contributed by atoms with Crippen molar-refractivity contribution >= 4 is 10.0 Å². The number of aryl methyl sites for hydroxylation is 1. The first-order valence-electron chi connectivity index (χ1n) is 5.37. The first-order valence-corrected chi connectivity index (χ1v) is 6.91. The summed E-state index contributed by atoms with van der Waals surface area (Å²) in [6.07, 6.45) is 0. The maximum atomic E-state index is 13.2. The number of rotatable bonds is 2. The molecule has 0 fully saturated rings. The number of nitrogens with two attached hydrogens (primary N) is 1. The molecule has 2 aromatic rings. The standard InChI is InChI=1S/C11H10F3N3O2S/c1-5-11(20(15,18)19)6(2)17(16-5)7-3-8(12)10(14)9(13)4-7/h3-4H,1-2H3,(H2,15,18,19). The maximum Gasteiger partial charge on any atom is 0.241 e. The van der Waals surface area contributed by atoms with Gasteiger partial charge in [-0.3, -0.25) is 0 Å². The Bertz CT molecular complexity index is 776. The quantitative estimate of drug-likeness (QED) is 0.855. The minimum Gasteiger partial charge on any atom is -0.236 e. The van der Waals surface area contributed by atoms with Crippen molar-refractivity contribution < 1.29 is 21.6 Å². The highest BCUT2D eigenvalue weighted by atomic mass is 32.2. The molecule has 0 aliphatic carbocycles. The van der Waals surface area contributed by atoms with Crippen LogP contribution in [0, 0.1) is 31.3 Å². The summed E-state index contributed by atoms with van der Waals surface area (Å²) in [6, 6.07) is 1.43. The molecule has 9 heteroatoms. The first kappa shape index (κ1) is 14.5. The van der Waals surface area contributed by atoms with Crippen molar-refractivity contribution in [3.05, 3.63) is 41.0 Å². The fraction of sp³-hybridized carbons (Fsp3) is 0.182. The van der Waals surface area contributed by atoms with E-state index in [0.29, 0.717) is 12.1 Å². The topological polar surface area (TPSA) is 78.0 Å². The Morgan fingerprint density at radius 2 is 1.65 bits per heavy atom. The van der Waals surface area contributed by atoms with Crippen molar-refractivity contribution in [1.29, 1.82) is 0 Å². The predicted molar refractivity (Wildman–Crippen MR) is 64.3 cm³/mol. The predicted octanol–water partition coefficient (Wildman–Crippen LogP) is 1.55. The van der Waals surface area contributed by atoms with Gasteiger partial charge in [0.15, 0.2) is 17.5 Å². The van der Waals surface area contributed by atoms with Crippen LogP contribution >= 0.6 is 0 Å². The van der Waals surface area contributed by atoms with Gasteiger partial charge in [0.05, 0.1) is 17.1 Å². The van der Waals surface area contributed by atoms with Gasteiger partial charge in [0.2, 0.25) is 10.0 Å². The molecule has 0 unspecified atom stereocenters. The van der Waals surface area contributed by atoms with Gasteiger partial charge in [0.1, 0.15) is 4.90 Å². The van der Waals surface area contributed by atoms with E-state index in [1.807, 2.05) is 0 Å². The highest BCUT2D eigenvalue weighted by Gasteiger charge is 2.22. The van der Waals surface area contributed by atoms with E-state index in [-0.39, 0.29) is 22.0 Å². The lowest BCUT2D eigenvalue weighted by molar-refractivity contribution is 0.446. The summed E-state index contributed by atoms with van der Waals surface area (Å²) in [5, 5.41) is 8.90. The third kappa shape index (κ3) is 2.29. The average Bonchev–Trinajstić information content (AvgIpc) is 2.60. The molecule has 0 radical (unpaired) electrons. The zero-order valence-corrected chi connectivity index (χ0v) is 11.3. The summed E-state index contributed by atoms with van der Waals surface area (Å²) in [6.45, 7) is 2.76. The van der Waals surface area contributed by atoms with Crippen LogP contribution in [0.15, 0.2) is 17.0 Å². The van der Waals surface area contributed by atoms with Crippen molar-refractivity contribution in [1.82, 2.24) is 9.78 Å². The van der Waals surface area contributed by atoms with Crippen LogP contribution in [0.25, 0.3) is 5.69 Å². The van der Waals surface area contributed by atoms with Crippen molar-refractivity contribution in [2.75, 3.05) is 0 Å². The molecule has 1 aromatic carbocycles. The lowest BCUT2D eigenvalue weighted by Gasteiger charge is -2.06. The molecule has 20 heavy (non-hydrogen) atoms. The van der Waals surface area contributed by atoms with E-state index in [0.717, 1.165) is 4.68 Å². The van der Waals surface area contributed by atoms with Crippen LogP contribution in [0.5, 0.6) is 0 Å². The van der Waals surface area contributed by atoms with Crippen LogP contribution in [0.2, 0.25) is 0 Å². The minimum atomic E-state index is -4.02. The van der Waals surface area contributed by atoms with Crippen LogP contribution in [-0.2, 0) is 10.0 Å². The Hall–Kier alpha value is -1.87. The van der Waals surface area contributed by atoms with Gasteiger partial charge in [-0.2, -0.15) is 5.10 Å². The molecule has 0 saturated carbocycles. The van der Waals surface area contributed by atoms with Gasteiger partial charge in [0.25, 0.3) is 0 Å². The largest absolute Gasteiger partial charge is 0.241 e. The molecule has 108 valence electrons. The zero-order valence-electron chi connectivity index (χ0n) is 10.5. The van der Waals surface area contributed by atoms with E-state index in [4.69, 9.17) is 5.14 Å². The summed E-state index contributed by atoms with van der Waals surface area (Å²) in [5.74, 6) is -4.41. The van der Waals surface area contributed by atoms with E-state index >= 15 is 0 Å². The molecular formula is C11H10F3N3O2S. The Labute approximate surface area is 112 Å². The number of hydrogen-bond donors (Lipinski definition) is 1. The molecule has 1 heterocycles. The minimum absolute atomic E-state index is 0.0788. The van der Waals surface area contributed by atoms with Gasteiger partial charge < -0.3 is 0 Å². The Kier molecular flexibility index (Phi) is 3.34. The van der Waals surface area contributed by atoms with Gasteiger partial charge >= 0.3 is 0 Å². The van der Waals surface area contributed by atoms with E-state index in [9.17, 15) is 21.6 Å². The summed E-state index contributed by atoms with van der Waals surface area (Å²) >= 11 is 0. The molecule has 2 N–H and O–H groups in total. The van der Waals surface area contributed by atoms with Gasteiger partial charge in [-0.05, 0) is 13.8 Å². The Morgan fingerprint density at radius 1 is 1.15 bits per heavy atom. The van der Waals surface area contributed by atoms with Crippen molar-refractivity contribution in [2.24, 2.45) is 5.14 Å². The lowest BCUT2D eigenvalue weighted by atomic mass is 10.3. The van der Waals surface area contributed by atoms with Gasteiger partial charge in [0, 0.05) is 12.1 Å². The monoisotopic (exact) mass is 305 g/mol. The molecule has 0 aliphatic rings. The number of sulfonamides is 1.